The standard InChI is InChI=1S/C26H21N3O5/c30-23(16-28-25(32)24(31)27(26(28)33)15-18-9-3-1-4-10-18)29-20-13-7-8-14-22(20)34-17-21(29)19-11-5-2-6-12-19/h1-14,21H,15-17H2/t21-/m1/s1. The molecule has 3 aromatic rings. The molecular formula is C26H21N3O5. The molecule has 170 valence electrons. The summed E-state index contributed by atoms with van der Waals surface area (Å²) in [6.45, 7) is -0.373. The van der Waals surface area contributed by atoms with Crippen molar-refractivity contribution < 1.29 is 23.9 Å². The number of carbonyl (C=O) groups excluding carboxylic acids is 4. The maximum Gasteiger partial charge on any atom is 0.335 e. The summed E-state index contributed by atoms with van der Waals surface area (Å²) < 4.78 is 5.88. The highest BCUT2D eigenvalue weighted by Gasteiger charge is 2.46. The first kappa shape index (κ1) is 21.4. The van der Waals surface area contributed by atoms with Gasteiger partial charge in [0.1, 0.15) is 18.9 Å². The molecule has 34 heavy (non-hydrogen) atoms. The van der Waals surface area contributed by atoms with Gasteiger partial charge < -0.3 is 4.74 Å². The summed E-state index contributed by atoms with van der Waals surface area (Å²) in [6.07, 6.45) is 0. The van der Waals surface area contributed by atoms with Crippen molar-refractivity contribution in [2.45, 2.75) is 12.6 Å². The Hall–Kier alpha value is -4.46. The Bertz CT molecular complexity index is 1260. The molecule has 8 heteroatoms. The lowest BCUT2D eigenvalue weighted by molar-refractivity contribution is -0.144. The fraction of sp³-hybridized carbons (Fsp3) is 0.154. The number of ether oxygens (including phenoxy) is 1. The number of hydrogen-bond donors (Lipinski definition) is 0. The lowest BCUT2D eigenvalue weighted by Crippen LogP contribution is -2.47. The number of fused-ring (bicyclic) bond motifs is 1. The molecular weight excluding hydrogens is 434 g/mol. The molecule has 1 fully saturated rings. The van der Waals surface area contributed by atoms with Crippen LogP contribution in [0.1, 0.15) is 17.2 Å². The van der Waals surface area contributed by atoms with E-state index in [9.17, 15) is 19.2 Å². The topological polar surface area (TPSA) is 87.2 Å². The molecule has 0 N–H and O–H groups in total. The molecule has 2 aliphatic rings. The van der Waals surface area contributed by atoms with Crippen LogP contribution >= 0.6 is 0 Å². The lowest BCUT2D eigenvalue weighted by atomic mass is 10.0. The molecule has 0 bridgehead atoms. The van der Waals surface area contributed by atoms with Crippen LogP contribution in [-0.4, -0.2) is 46.7 Å². The second-order valence-electron chi connectivity index (χ2n) is 8.02. The highest BCUT2D eigenvalue weighted by molar-refractivity contribution is 6.45. The van der Waals surface area contributed by atoms with Gasteiger partial charge >= 0.3 is 17.8 Å². The van der Waals surface area contributed by atoms with Crippen LogP contribution in [-0.2, 0) is 20.9 Å². The van der Waals surface area contributed by atoms with Gasteiger partial charge in [-0.25, -0.2) is 9.69 Å². The predicted octanol–water partition coefficient (Wildman–Crippen LogP) is 3.14. The van der Waals surface area contributed by atoms with Crippen LogP contribution in [0.2, 0.25) is 0 Å². The van der Waals surface area contributed by atoms with Crippen molar-refractivity contribution in [3.05, 3.63) is 96.1 Å². The molecule has 2 aliphatic heterocycles. The van der Waals surface area contributed by atoms with Gasteiger partial charge in [-0.05, 0) is 23.3 Å². The van der Waals surface area contributed by atoms with E-state index in [0.717, 1.165) is 10.5 Å². The first-order valence-electron chi connectivity index (χ1n) is 10.8. The Balaban J connectivity index is 1.42. The third-order valence-corrected chi connectivity index (χ3v) is 5.90. The number of anilines is 1. The average molecular weight is 455 g/mol. The van der Waals surface area contributed by atoms with E-state index in [1.54, 1.807) is 53.4 Å². The summed E-state index contributed by atoms with van der Waals surface area (Å²) >= 11 is 0. The van der Waals surface area contributed by atoms with Gasteiger partial charge in [-0.1, -0.05) is 72.8 Å². The number of benzene rings is 3. The average Bonchev–Trinajstić information content (AvgIpc) is 3.07. The summed E-state index contributed by atoms with van der Waals surface area (Å²) in [7, 11) is 0. The first-order chi connectivity index (χ1) is 16.5. The van der Waals surface area contributed by atoms with E-state index in [4.69, 9.17) is 4.74 Å². The predicted molar refractivity (Wildman–Crippen MR) is 123 cm³/mol. The van der Waals surface area contributed by atoms with Crippen LogP contribution < -0.4 is 9.64 Å². The molecule has 5 rings (SSSR count). The summed E-state index contributed by atoms with van der Waals surface area (Å²) in [5.74, 6) is -1.90. The minimum atomic E-state index is -1.01. The third-order valence-electron chi connectivity index (χ3n) is 5.90. The minimum Gasteiger partial charge on any atom is -0.489 e. The van der Waals surface area contributed by atoms with Crippen LogP contribution in [0.15, 0.2) is 84.9 Å². The van der Waals surface area contributed by atoms with Gasteiger partial charge in [0.05, 0.1) is 18.3 Å². The number of hydrogen-bond acceptors (Lipinski definition) is 5. The van der Waals surface area contributed by atoms with Gasteiger partial charge in [0.2, 0.25) is 5.91 Å². The third kappa shape index (κ3) is 3.79. The number of carbonyl (C=O) groups is 4. The Morgan fingerprint density at radius 1 is 0.794 bits per heavy atom. The van der Waals surface area contributed by atoms with E-state index in [2.05, 4.69) is 0 Å². The fourth-order valence-corrected chi connectivity index (χ4v) is 4.22. The summed E-state index contributed by atoms with van der Waals surface area (Å²) in [4.78, 5) is 54.8. The van der Waals surface area contributed by atoms with Gasteiger partial charge in [-0.15, -0.1) is 0 Å². The smallest absolute Gasteiger partial charge is 0.335 e. The molecule has 0 unspecified atom stereocenters. The van der Waals surface area contributed by atoms with Crippen molar-refractivity contribution in [3.63, 3.8) is 0 Å². The molecule has 1 saturated heterocycles. The van der Waals surface area contributed by atoms with Gasteiger partial charge in [-0.2, -0.15) is 0 Å². The zero-order valence-corrected chi connectivity index (χ0v) is 18.2. The molecule has 0 aliphatic carbocycles. The minimum absolute atomic E-state index is 0.0397. The molecule has 0 aromatic heterocycles. The number of rotatable bonds is 5. The van der Waals surface area contributed by atoms with Crippen molar-refractivity contribution in [1.82, 2.24) is 9.80 Å². The van der Waals surface area contributed by atoms with Gasteiger partial charge in [0.25, 0.3) is 0 Å². The van der Waals surface area contributed by atoms with Crippen LogP contribution in [0.3, 0.4) is 0 Å². The number of urea groups is 1. The number of imide groups is 2. The quantitative estimate of drug-likeness (QED) is 0.436. The lowest BCUT2D eigenvalue weighted by Gasteiger charge is -2.37. The molecule has 8 nitrogen and oxygen atoms in total. The molecule has 1 atom stereocenters. The Kier molecular flexibility index (Phi) is 5.55. The molecule has 0 saturated carbocycles. The fourth-order valence-electron chi connectivity index (χ4n) is 4.22. The molecule has 3 aromatic carbocycles. The molecule has 0 spiro atoms. The number of para-hydroxylation sites is 2. The zero-order chi connectivity index (χ0) is 23.7. The van der Waals surface area contributed by atoms with Crippen molar-refractivity contribution in [2.24, 2.45) is 0 Å². The monoisotopic (exact) mass is 455 g/mol. The van der Waals surface area contributed by atoms with Crippen LogP contribution in [0.5, 0.6) is 5.75 Å². The van der Waals surface area contributed by atoms with E-state index >= 15 is 0 Å². The van der Waals surface area contributed by atoms with Crippen LogP contribution in [0.25, 0.3) is 0 Å². The maximum absolute atomic E-state index is 13.6. The Morgan fingerprint density at radius 3 is 2.15 bits per heavy atom. The highest BCUT2D eigenvalue weighted by atomic mass is 16.5. The van der Waals surface area contributed by atoms with E-state index < -0.39 is 36.3 Å². The Morgan fingerprint density at radius 2 is 1.41 bits per heavy atom. The van der Waals surface area contributed by atoms with E-state index in [1.165, 1.54) is 0 Å². The zero-order valence-electron chi connectivity index (χ0n) is 18.2. The van der Waals surface area contributed by atoms with Crippen LogP contribution in [0, 0.1) is 0 Å². The maximum atomic E-state index is 13.6. The summed E-state index contributed by atoms with van der Waals surface area (Å²) in [5.41, 5.74) is 2.10. The van der Waals surface area contributed by atoms with Gasteiger partial charge in [-0.3, -0.25) is 24.2 Å². The van der Waals surface area contributed by atoms with Crippen molar-refractivity contribution in [1.29, 1.82) is 0 Å². The van der Waals surface area contributed by atoms with Crippen LogP contribution in [0.4, 0.5) is 10.5 Å². The number of nitrogens with zero attached hydrogens (tertiary/aromatic N) is 3. The second-order valence-corrected chi connectivity index (χ2v) is 8.02. The van der Waals surface area contributed by atoms with E-state index in [-0.39, 0.29) is 13.2 Å². The first-order valence-corrected chi connectivity index (χ1v) is 10.8. The van der Waals surface area contributed by atoms with Crippen molar-refractivity contribution >= 4 is 29.4 Å². The van der Waals surface area contributed by atoms with Crippen molar-refractivity contribution in [2.75, 3.05) is 18.1 Å². The van der Waals surface area contributed by atoms with E-state index in [0.29, 0.717) is 21.9 Å². The Labute approximate surface area is 195 Å². The SMILES string of the molecule is O=C1C(=O)N(Cc2ccccc2)C(=O)N1CC(=O)N1c2ccccc2OC[C@@H]1c1ccccc1. The second kappa shape index (κ2) is 8.82. The molecule has 2 heterocycles. The largest absolute Gasteiger partial charge is 0.489 e. The molecule has 0 radical (unpaired) electrons. The summed E-state index contributed by atoms with van der Waals surface area (Å²) in [5, 5.41) is 0. The van der Waals surface area contributed by atoms with E-state index in [1.807, 2.05) is 36.4 Å². The number of amides is 5. The van der Waals surface area contributed by atoms with Gasteiger partial charge in [0, 0.05) is 0 Å². The van der Waals surface area contributed by atoms with Crippen molar-refractivity contribution in [3.8, 4) is 5.75 Å². The normalized spacial score (nSPS) is 17.6. The summed E-state index contributed by atoms with van der Waals surface area (Å²) in [6, 6.07) is 24.1. The van der Waals surface area contributed by atoms with Gasteiger partial charge in [0.15, 0.2) is 0 Å². The molecule has 5 amide bonds. The highest BCUT2D eigenvalue weighted by Crippen LogP contribution is 2.39.